The molecule has 0 saturated carbocycles. The molecule has 1 N–H and O–H groups in total. The monoisotopic (exact) mass is 125 g/mol. The van der Waals surface area contributed by atoms with E-state index < -0.39 is 0 Å². The van der Waals surface area contributed by atoms with Gasteiger partial charge in [0, 0.05) is 0 Å². The minimum Gasteiger partial charge on any atom is -0.346 e. The zero-order valence-corrected chi connectivity index (χ0v) is 5.59. The van der Waals surface area contributed by atoms with Gasteiger partial charge in [0.05, 0.1) is 6.54 Å². The molecule has 0 bridgehead atoms. The first-order valence-electron chi connectivity index (χ1n) is 2.75. The van der Waals surface area contributed by atoms with E-state index in [1.807, 2.05) is 6.92 Å². The lowest BCUT2D eigenvalue weighted by Crippen LogP contribution is -1.98. The fraction of sp³-hybridized carbons (Fsp3) is 0.333. The third-order valence-electron chi connectivity index (χ3n) is 0.602. The van der Waals surface area contributed by atoms with Gasteiger partial charge in [-0.15, -0.1) is 5.11 Å². The van der Waals surface area contributed by atoms with Crippen molar-refractivity contribution in [2.75, 3.05) is 6.54 Å². The van der Waals surface area contributed by atoms with Crippen molar-refractivity contribution in [2.24, 2.45) is 10.2 Å². The topological polar surface area (TPSA) is 36.8 Å². The van der Waals surface area contributed by atoms with Gasteiger partial charge in [0.15, 0.2) is 0 Å². The molecule has 0 atom stereocenters. The number of nitrogens with one attached hydrogen (secondary N) is 1. The van der Waals surface area contributed by atoms with Gasteiger partial charge in [0.2, 0.25) is 0 Å². The Bertz CT molecular complexity index is 126. The van der Waals surface area contributed by atoms with Crippen LogP contribution in [0.25, 0.3) is 0 Å². The predicted molar refractivity (Wildman–Crippen MR) is 37.9 cm³/mol. The Morgan fingerprint density at radius 3 is 2.89 bits per heavy atom. The summed E-state index contributed by atoms with van der Waals surface area (Å²) in [5.41, 5.74) is 0. The second-order valence-electron chi connectivity index (χ2n) is 1.35. The first kappa shape index (κ1) is 7.88. The van der Waals surface area contributed by atoms with E-state index in [4.69, 9.17) is 0 Å². The molecule has 3 heteroatoms. The Hall–Kier alpha value is -1.12. The van der Waals surface area contributed by atoms with Crippen LogP contribution in [0.15, 0.2) is 35.4 Å². The molecule has 9 heavy (non-hydrogen) atoms. The Labute approximate surface area is 55.2 Å². The average molecular weight is 125 g/mol. The molecule has 50 valence electrons. The molecule has 0 aliphatic heterocycles. The normalized spacial score (nSPS) is 9.44. The molecule has 0 unspecified atom stereocenters. The molecular formula is C6H11N3. The van der Waals surface area contributed by atoms with Crippen LogP contribution in [0.4, 0.5) is 0 Å². The smallest absolute Gasteiger partial charge is 0.144 e. The van der Waals surface area contributed by atoms with Crippen LogP contribution >= 0.6 is 0 Å². The van der Waals surface area contributed by atoms with E-state index in [1.165, 1.54) is 6.20 Å². The molecule has 0 radical (unpaired) electrons. The van der Waals surface area contributed by atoms with Gasteiger partial charge in [-0.05, 0) is 13.1 Å². The van der Waals surface area contributed by atoms with Crippen molar-refractivity contribution in [1.82, 2.24) is 5.32 Å². The van der Waals surface area contributed by atoms with Crippen molar-refractivity contribution in [3.63, 3.8) is 0 Å². The second kappa shape index (κ2) is 5.03. The van der Waals surface area contributed by atoms with Crippen molar-refractivity contribution in [2.45, 2.75) is 6.92 Å². The Morgan fingerprint density at radius 2 is 2.44 bits per heavy atom. The van der Waals surface area contributed by atoms with Crippen LogP contribution in [0.3, 0.4) is 0 Å². The summed E-state index contributed by atoms with van der Waals surface area (Å²) in [5.74, 6) is 0.520. The van der Waals surface area contributed by atoms with Gasteiger partial charge < -0.3 is 5.32 Å². The number of azo groups is 1. The molecule has 0 aliphatic rings. The van der Waals surface area contributed by atoms with Crippen molar-refractivity contribution in [3.05, 3.63) is 25.2 Å². The summed E-state index contributed by atoms with van der Waals surface area (Å²) in [7, 11) is 0. The summed E-state index contributed by atoms with van der Waals surface area (Å²) in [4.78, 5) is 0. The summed E-state index contributed by atoms with van der Waals surface area (Å²) in [6.07, 6.45) is 1.51. The van der Waals surface area contributed by atoms with Crippen LogP contribution in [0.5, 0.6) is 0 Å². The van der Waals surface area contributed by atoms with E-state index in [9.17, 15) is 0 Å². The van der Waals surface area contributed by atoms with E-state index >= 15 is 0 Å². The largest absolute Gasteiger partial charge is 0.346 e. The molecule has 0 aliphatic carbocycles. The molecule has 0 heterocycles. The minimum atomic E-state index is 0.520. The molecule has 0 rings (SSSR count). The predicted octanol–water partition coefficient (Wildman–Crippen LogP) is 1.66. The minimum absolute atomic E-state index is 0.520. The average Bonchev–Trinajstić information content (AvgIpc) is 1.85. The molecule has 0 fully saturated rings. The molecule has 0 aromatic carbocycles. The van der Waals surface area contributed by atoms with E-state index in [0.717, 1.165) is 0 Å². The zero-order valence-electron chi connectivity index (χ0n) is 5.59. The van der Waals surface area contributed by atoms with Crippen LogP contribution < -0.4 is 5.32 Å². The first-order chi connectivity index (χ1) is 4.31. The maximum Gasteiger partial charge on any atom is 0.144 e. The maximum atomic E-state index is 3.71. The fourth-order valence-electron chi connectivity index (χ4n) is 0.303. The molecule has 3 nitrogen and oxygen atoms in total. The fourth-order valence-corrected chi connectivity index (χ4v) is 0.303. The van der Waals surface area contributed by atoms with Crippen molar-refractivity contribution >= 4 is 0 Å². The summed E-state index contributed by atoms with van der Waals surface area (Å²) in [5, 5.41) is 10.1. The first-order valence-corrected chi connectivity index (χ1v) is 2.75. The van der Waals surface area contributed by atoms with Crippen molar-refractivity contribution in [1.29, 1.82) is 0 Å². The lowest BCUT2D eigenvalue weighted by Gasteiger charge is -1.92. The summed E-state index contributed by atoms with van der Waals surface area (Å²) in [6.45, 7) is 9.56. The Balaban J connectivity index is 3.49. The van der Waals surface area contributed by atoms with E-state index in [2.05, 4.69) is 28.7 Å². The summed E-state index contributed by atoms with van der Waals surface area (Å²) in [6, 6.07) is 0. The van der Waals surface area contributed by atoms with E-state index in [-0.39, 0.29) is 0 Å². The molecular weight excluding hydrogens is 114 g/mol. The highest BCUT2D eigenvalue weighted by atomic mass is 15.2. The maximum absolute atomic E-state index is 3.71. The highest BCUT2D eigenvalue weighted by Gasteiger charge is 1.78. The molecule has 0 saturated heterocycles. The highest BCUT2D eigenvalue weighted by Crippen LogP contribution is 1.86. The number of hydrogen-bond donors (Lipinski definition) is 1. The van der Waals surface area contributed by atoms with Gasteiger partial charge in [-0.3, -0.25) is 0 Å². The van der Waals surface area contributed by atoms with Crippen molar-refractivity contribution < 1.29 is 0 Å². The highest BCUT2D eigenvalue weighted by molar-refractivity contribution is 4.90. The number of hydrogen-bond acceptors (Lipinski definition) is 3. The Morgan fingerprint density at radius 1 is 1.78 bits per heavy atom. The van der Waals surface area contributed by atoms with Crippen molar-refractivity contribution in [3.8, 4) is 0 Å². The van der Waals surface area contributed by atoms with Crippen LogP contribution in [0.1, 0.15) is 6.92 Å². The second-order valence-corrected chi connectivity index (χ2v) is 1.35. The Kier molecular flexibility index (Phi) is 4.40. The summed E-state index contributed by atoms with van der Waals surface area (Å²) >= 11 is 0. The van der Waals surface area contributed by atoms with E-state index in [0.29, 0.717) is 12.4 Å². The zero-order chi connectivity index (χ0) is 7.11. The lowest BCUT2D eigenvalue weighted by molar-refractivity contribution is 0.908. The molecule has 0 aromatic rings. The van der Waals surface area contributed by atoms with Gasteiger partial charge in [0.1, 0.15) is 5.82 Å². The third-order valence-corrected chi connectivity index (χ3v) is 0.602. The van der Waals surface area contributed by atoms with Crippen LogP contribution in [-0.4, -0.2) is 6.54 Å². The number of rotatable bonds is 4. The SMILES string of the molecule is C=CNC(=C)/N=N\CC. The van der Waals surface area contributed by atoms with Crippen LogP contribution in [0.2, 0.25) is 0 Å². The molecule has 0 aromatic heterocycles. The summed E-state index contributed by atoms with van der Waals surface area (Å²) < 4.78 is 0. The van der Waals surface area contributed by atoms with Crippen LogP contribution in [-0.2, 0) is 0 Å². The van der Waals surface area contributed by atoms with Gasteiger partial charge in [0.25, 0.3) is 0 Å². The number of nitrogens with zero attached hydrogens (tertiary/aromatic N) is 2. The van der Waals surface area contributed by atoms with Gasteiger partial charge in [-0.2, -0.15) is 5.11 Å². The standard InChI is InChI=1S/C6H11N3/c1-4-7-6(3)9-8-5-2/h4,7H,1,3,5H2,2H3/b9-8-. The van der Waals surface area contributed by atoms with Gasteiger partial charge >= 0.3 is 0 Å². The molecule has 0 spiro atoms. The van der Waals surface area contributed by atoms with E-state index in [1.54, 1.807) is 0 Å². The van der Waals surface area contributed by atoms with Gasteiger partial charge in [-0.1, -0.05) is 13.2 Å². The van der Waals surface area contributed by atoms with Crippen LogP contribution in [0, 0.1) is 0 Å². The lowest BCUT2D eigenvalue weighted by atomic mass is 10.8. The quantitative estimate of drug-likeness (QED) is 0.570. The molecule has 0 amide bonds. The third kappa shape index (κ3) is 4.74. The van der Waals surface area contributed by atoms with Gasteiger partial charge in [-0.25, -0.2) is 0 Å².